The predicted octanol–water partition coefficient (Wildman–Crippen LogP) is 4.79. The highest BCUT2D eigenvalue weighted by molar-refractivity contribution is 9.10. The Morgan fingerprint density at radius 3 is 2.35 bits per heavy atom. The van der Waals surface area contributed by atoms with E-state index in [1.165, 1.54) is 0 Å². The highest BCUT2D eigenvalue weighted by Crippen LogP contribution is 2.30. The van der Waals surface area contributed by atoms with E-state index < -0.39 is 5.97 Å². The second-order valence-electron chi connectivity index (χ2n) is 4.41. The molecule has 0 aliphatic rings. The van der Waals surface area contributed by atoms with Crippen LogP contribution in [0.5, 0.6) is 0 Å². The van der Waals surface area contributed by atoms with E-state index in [2.05, 4.69) is 22.0 Å². The molecule has 2 rings (SSSR count). The van der Waals surface area contributed by atoms with Crippen LogP contribution in [0.2, 0.25) is 0 Å². The molecule has 0 unspecified atom stereocenters. The van der Waals surface area contributed by atoms with Crippen LogP contribution in [0.1, 0.15) is 18.1 Å². The van der Waals surface area contributed by atoms with E-state index in [9.17, 15) is 4.79 Å². The van der Waals surface area contributed by atoms with Crippen LogP contribution in [0.25, 0.3) is 0 Å². The van der Waals surface area contributed by atoms with Gasteiger partial charge in [0.15, 0.2) is 0 Å². The number of aryl methyl sites for hydroxylation is 1. The molecule has 0 heterocycles. The van der Waals surface area contributed by atoms with Crippen molar-refractivity contribution in [2.75, 3.05) is 0 Å². The maximum absolute atomic E-state index is 10.9. The molecule has 20 heavy (non-hydrogen) atoms. The Balaban J connectivity index is 2.23. The van der Waals surface area contributed by atoms with E-state index in [1.54, 1.807) is 11.8 Å². The van der Waals surface area contributed by atoms with Crippen molar-refractivity contribution < 1.29 is 9.90 Å². The monoisotopic (exact) mass is 350 g/mol. The zero-order chi connectivity index (χ0) is 14.5. The van der Waals surface area contributed by atoms with E-state index >= 15 is 0 Å². The zero-order valence-corrected chi connectivity index (χ0v) is 13.5. The fraction of sp³-hybridized carbons (Fsp3) is 0.188. The van der Waals surface area contributed by atoms with Gasteiger partial charge < -0.3 is 5.11 Å². The number of aliphatic carboxylic acids is 1. The fourth-order valence-electron chi connectivity index (χ4n) is 1.98. The first kappa shape index (κ1) is 15.1. The second-order valence-corrected chi connectivity index (χ2v) is 6.47. The van der Waals surface area contributed by atoms with E-state index in [1.807, 2.05) is 43.3 Å². The first-order valence-corrected chi connectivity index (χ1v) is 7.96. The number of benzene rings is 2. The van der Waals surface area contributed by atoms with Gasteiger partial charge in [0.1, 0.15) is 0 Å². The first-order chi connectivity index (χ1) is 9.58. The average Bonchev–Trinajstić information content (AvgIpc) is 2.41. The van der Waals surface area contributed by atoms with Crippen molar-refractivity contribution in [1.82, 2.24) is 0 Å². The Labute approximate surface area is 131 Å². The van der Waals surface area contributed by atoms with Crippen molar-refractivity contribution in [2.24, 2.45) is 0 Å². The van der Waals surface area contributed by atoms with Crippen molar-refractivity contribution >= 4 is 33.7 Å². The summed E-state index contributed by atoms with van der Waals surface area (Å²) in [6.07, 6.45) is 0.934. The molecular weight excluding hydrogens is 336 g/mol. The topological polar surface area (TPSA) is 37.3 Å². The molecular formula is C16H15BrO2S. The first-order valence-electron chi connectivity index (χ1n) is 6.35. The van der Waals surface area contributed by atoms with Gasteiger partial charge in [-0.05, 0) is 53.9 Å². The van der Waals surface area contributed by atoms with Gasteiger partial charge in [-0.3, -0.25) is 4.79 Å². The molecule has 0 bridgehead atoms. The number of halogens is 1. The number of rotatable bonds is 5. The van der Waals surface area contributed by atoms with E-state index in [0.717, 1.165) is 31.8 Å². The lowest BCUT2D eigenvalue weighted by atomic mass is 10.0. The number of hydrogen-bond donors (Lipinski definition) is 1. The van der Waals surface area contributed by atoms with Crippen LogP contribution in [-0.4, -0.2) is 11.1 Å². The second kappa shape index (κ2) is 6.95. The predicted molar refractivity (Wildman–Crippen MR) is 85.4 cm³/mol. The van der Waals surface area contributed by atoms with Crippen LogP contribution in [0.4, 0.5) is 0 Å². The largest absolute Gasteiger partial charge is 0.481 e. The number of carboxylic acids is 1. The summed E-state index contributed by atoms with van der Waals surface area (Å²) in [7, 11) is 0. The molecule has 0 saturated heterocycles. The fourth-order valence-corrected chi connectivity index (χ4v) is 3.12. The molecule has 2 aromatic rings. The zero-order valence-electron chi connectivity index (χ0n) is 11.1. The molecule has 1 N–H and O–H groups in total. The Kier molecular flexibility index (Phi) is 5.26. The minimum atomic E-state index is -0.787. The lowest BCUT2D eigenvalue weighted by molar-refractivity contribution is -0.136. The highest BCUT2D eigenvalue weighted by Gasteiger charge is 2.08. The normalized spacial score (nSPS) is 10.5. The molecule has 0 fully saturated rings. The molecule has 2 nitrogen and oxygen atoms in total. The molecule has 104 valence electrons. The molecule has 0 aliphatic carbocycles. The molecule has 0 atom stereocenters. The van der Waals surface area contributed by atoms with Crippen molar-refractivity contribution in [3.63, 3.8) is 0 Å². The van der Waals surface area contributed by atoms with Gasteiger partial charge in [-0.1, -0.05) is 40.7 Å². The van der Waals surface area contributed by atoms with E-state index in [0.29, 0.717) is 0 Å². The third-order valence-electron chi connectivity index (χ3n) is 2.95. The Morgan fingerprint density at radius 1 is 1.10 bits per heavy atom. The third-order valence-corrected chi connectivity index (χ3v) is 4.48. The molecule has 0 spiro atoms. The van der Waals surface area contributed by atoms with Crippen molar-refractivity contribution in [1.29, 1.82) is 0 Å². The van der Waals surface area contributed by atoms with Crippen LogP contribution in [0, 0.1) is 0 Å². The lowest BCUT2D eigenvalue weighted by Gasteiger charge is -2.09. The van der Waals surface area contributed by atoms with Gasteiger partial charge >= 0.3 is 5.97 Å². The maximum Gasteiger partial charge on any atom is 0.307 e. The summed E-state index contributed by atoms with van der Waals surface area (Å²) in [5.74, 6) is -0.787. The summed E-state index contributed by atoms with van der Waals surface area (Å²) in [6.45, 7) is 2.04. The average molecular weight is 351 g/mol. The van der Waals surface area contributed by atoms with Gasteiger partial charge in [0.2, 0.25) is 0 Å². The van der Waals surface area contributed by atoms with Gasteiger partial charge in [0.25, 0.3) is 0 Å². The minimum Gasteiger partial charge on any atom is -0.481 e. The number of hydrogen-bond acceptors (Lipinski definition) is 2. The van der Waals surface area contributed by atoms with Gasteiger partial charge in [-0.25, -0.2) is 0 Å². The summed E-state index contributed by atoms with van der Waals surface area (Å²) in [6, 6.07) is 14.1. The number of carboxylic acid groups (broad SMARTS) is 1. The molecule has 2 aromatic carbocycles. The SMILES string of the molecule is CCc1ccc(Sc2ccc(Br)cc2)cc1CC(=O)O. The summed E-state index contributed by atoms with van der Waals surface area (Å²) in [5.41, 5.74) is 2.01. The van der Waals surface area contributed by atoms with Crippen molar-refractivity contribution in [2.45, 2.75) is 29.6 Å². The maximum atomic E-state index is 10.9. The lowest BCUT2D eigenvalue weighted by Crippen LogP contribution is -2.03. The minimum absolute atomic E-state index is 0.0813. The van der Waals surface area contributed by atoms with E-state index in [4.69, 9.17) is 5.11 Å². The standard InChI is InChI=1S/C16H15BrO2S/c1-2-11-3-6-15(9-12(11)10-16(18)19)20-14-7-4-13(17)5-8-14/h3-9H,2,10H2,1H3,(H,18,19). The molecule has 0 aliphatic heterocycles. The summed E-state index contributed by atoms with van der Waals surface area (Å²) in [4.78, 5) is 13.1. The molecule has 0 radical (unpaired) electrons. The van der Waals surface area contributed by atoms with Crippen LogP contribution < -0.4 is 0 Å². The van der Waals surface area contributed by atoms with Crippen molar-refractivity contribution in [3.05, 3.63) is 58.1 Å². The van der Waals surface area contributed by atoms with E-state index in [-0.39, 0.29) is 6.42 Å². The highest BCUT2D eigenvalue weighted by atomic mass is 79.9. The molecule has 0 saturated carbocycles. The van der Waals surface area contributed by atoms with Crippen LogP contribution in [0.15, 0.2) is 56.7 Å². The Hall–Kier alpha value is -1.26. The van der Waals surface area contributed by atoms with Crippen LogP contribution >= 0.6 is 27.7 Å². The van der Waals surface area contributed by atoms with Crippen LogP contribution in [-0.2, 0) is 17.6 Å². The Bertz CT molecular complexity index is 608. The summed E-state index contributed by atoms with van der Waals surface area (Å²) < 4.78 is 1.05. The quantitative estimate of drug-likeness (QED) is 0.842. The molecule has 0 aromatic heterocycles. The summed E-state index contributed by atoms with van der Waals surface area (Å²) >= 11 is 5.06. The molecule has 0 amide bonds. The van der Waals surface area contributed by atoms with Crippen molar-refractivity contribution in [3.8, 4) is 0 Å². The van der Waals surface area contributed by atoms with Gasteiger partial charge in [-0.2, -0.15) is 0 Å². The van der Waals surface area contributed by atoms with Crippen LogP contribution in [0.3, 0.4) is 0 Å². The molecule has 4 heteroatoms. The van der Waals surface area contributed by atoms with Gasteiger partial charge in [-0.15, -0.1) is 0 Å². The smallest absolute Gasteiger partial charge is 0.307 e. The third kappa shape index (κ3) is 4.12. The number of carbonyl (C=O) groups is 1. The van der Waals surface area contributed by atoms with Gasteiger partial charge in [0, 0.05) is 14.3 Å². The Morgan fingerprint density at radius 2 is 1.75 bits per heavy atom. The van der Waals surface area contributed by atoms with Gasteiger partial charge in [0.05, 0.1) is 6.42 Å². The summed E-state index contributed by atoms with van der Waals surface area (Å²) in [5, 5.41) is 8.99.